The molecule has 0 radical (unpaired) electrons. The topological polar surface area (TPSA) is 70.7 Å². The molecule has 1 aliphatic heterocycles. The van der Waals surface area contributed by atoms with Gasteiger partial charge in [-0.2, -0.15) is 0 Å². The largest absolute Gasteiger partial charge is 0.494 e. The number of nitrogens with one attached hydrogen (secondary N) is 2. The summed E-state index contributed by atoms with van der Waals surface area (Å²) in [6, 6.07) is 8.82. The lowest BCUT2D eigenvalue weighted by Gasteiger charge is -2.20. The number of rotatable bonds is 6. The fourth-order valence-corrected chi connectivity index (χ4v) is 1.99. The van der Waals surface area contributed by atoms with Gasteiger partial charge in [0.15, 0.2) is 0 Å². The van der Waals surface area contributed by atoms with E-state index in [-0.39, 0.29) is 11.9 Å². The smallest absolute Gasteiger partial charge is 0.315 e. The molecule has 1 aromatic carbocycles. The van der Waals surface area contributed by atoms with Gasteiger partial charge in [0, 0.05) is 20.1 Å². The van der Waals surface area contributed by atoms with Crippen molar-refractivity contribution < 1.29 is 14.3 Å². The van der Waals surface area contributed by atoms with Crippen molar-refractivity contribution in [1.82, 2.24) is 15.5 Å². The molecule has 1 aliphatic rings. The van der Waals surface area contributed by atoms with Gasteiger partial charge in [0.1, 0.15) is 11.8 Å². The summed E-state index contributed by atoms with van der Waals surface area (Å²) in [5.74, 6) is 0.747. The van der Waals surface area contributed by atoms with E-state index >= 15 is 0 Å². The van der Waals surface area contributed by atoms with Crippen LogP contribution in [0.15, 0.2) is 30.3 Å². The van der Waals surface area contributed by atoms with Gasteiger partial charge < -0.3 is 20.3 Å². The van der Waals surface area contributed by atoms with Crippen molar-refractivity contribution in [3.63, 3.8) is 0 Å². The minimum Gasteiger partial charge on any atom is -0.494 e. The molecule has 1 fully saturated rings. The van der Waals surface area contributed by atoms with Crippen molar-refractivity contribution in [2.45, 2.75) is 12.5 Å². The first-order valence-corrected chi connectivity index (χ1v) is 6.64. The van der Waals surface area contributed by atoms with Gasteiger partial charge in [0.25, 0.3) is 0 Å². The Kier molecular flexibility index (Phi) is 4.81. The fourth-order valence-electron chi connectivity index (χ4n) is 1.99. The Balaban J connectivity index is 1.66. The lowest BCUT2D eigenvalue weighted by Crippen LogP contribution is -2.44. The number of amides is 3. The molecule has 0 unspecified atom stereocenters. The van der Waals surface area contributed by atoms with Gasteiger partial charge in [-0.1, -0.05) is 18.2 Å². The van der Waals surface area contributed by atoms with E-state index in [0.29, 0.717) is 19.7 Å². The first kappa shape index (κ1) is 14.2. The van der Waals surface area contributed by atoms with Crippen molar-refractivity contribution in [2.75, 3.05) is 26.7 Å². The molecule has 20 heavy (non-hydrogen) atoms. The Morgan fingerprint density at radius 2 is 2.15 bits per heavy atom. The van der Waals surface area contributed by atoms with Crippen LogP contribution in [0.4, 0.5) is 4.79 Å². The van der Waals surface area contributed by atoms with Crippen LogP contribution in [0.2, 0.25) is 0 Å². The Labute approximate surface area is 118 Å². The monoisotopic (exact) mass is 277 g/mol. The van der Waals surface area contributed by atoms with Crippen molar-refractivity contribution in [1.29, 1.82) is 0 Å². The van der Waals surface area contributed by atoms with Crippen LogP contribution in [0.5, 0.6) is 5.75 Å². The van der Waals surface area contributed by atoms with Crippen LogP contribution in [-0.4, -0.2) is 49.6 Å². The number of nitrogens with zero attached hydrogens (tertiary/aromatic N) is 1. The van der Waals surface area contributed by atoms with E-state index in [1.807, 2.05) is 30.3 Å². The number of hydrogen-bond acceptors (Lipinski definition) is 3. The summed E-state index contributed by atoms with van der Waals surface area (Å²) in [5, 5.41) is 5.15. The summed E-state index contributed by atoms with van der Waals surface area (Å²) in [6.07, 6.45) is 0.741. The molecule has 1 heterocycles. The first-order chi connectivity index (χ1) is 9.66. The number of likely N-dealkylation sites (N-methyl/N-ethyl adjacent to an activating group) is 1. The molecule has 0 aliphatic carbocycles. The highest BCUT2D eigenvalue weighted by Crippen LogP contribution is 2.08. The lowest BCUT2D eigenvalue weighted by atomic mass is 10.2. The minimum absolute atomic E-state index is 0.0805. The van der Waals surface area contributed by atoms with Gasteiger partial charge in [-0.05, 0) is 18.6 Å². The maximum Gasteiger partial charge on any atom is 0.315 e. The van der Waals surface area contributed by atoms with Crippen molar-refractivity contribution in [3.05, 3.63) is 30.3 Å². The third-order valence-corrected chi connectivity index (χ3v) is 3.10. The standard InChI is InChI=1S/C14H19N3O3/c1-17(13(18)12-10-15-14(19)16-12)8-5-9-20-11-6-3-2-4-7-11/h2-4,6-7,12H,5,8-10H2,1H3,(H2,15,16,19)/t12-/m1/s1. The molecule has 0 spiro atoms. The normalized spacial score (nSPS) is 17.2. The first-order valence-electron chi connectivity index (χ1n) is 6.64. The fraction of sp³-hybridized carbons (Fsp3) is 0.429. The number of ether oxygens (including phenoxy) is 1. The molecule has 1 aromatic rings. The second kappa shape index (κ2) is 6.79. The summed E-state index contributed by atoms with van der Waals surface area (Å²) in [5.41, 5.74) is 0. The predicted octanol–water partition coefficient (Wildman–Crippen LogP) is 0.595. The van der Waals surface area contributed by atoms with Gasteiger partial charge in [-0.3, -0.25) is 4.79 Å². The maximum absolute atomic E-state index is 12.0. The number of para-hydroxylation sites is 1. The second-order valence-electron chi connectivity index (χ2n) is 4.68. The molecule has 6 heteroatoms. The van der Waals surface area contributed by atoms with Gasteiger partial charge in [-0.25, -0.2) is 4.79 Å². The molecule has 108 valence electrons. The highest BCUT2D eigenvalue weighted by atomic mass is 16.5. The summed E-state index contributed by atoms with van der Waals surface area (Å²) in [6.45, 7) is 1.50. The Morgan fingerprint density at radius 3 is 2.80 bits per heavy atom. The number of carbonyl (C=O) groups is 2. The quantitative estimate of drug-likeness (QED) is 0.748. The van der Waals surface area contributed by atoms with Crippen LogP contribution in [0.1, 0.15) is 6.42 Å². The minimum atomic E-state index is -0.456. The van der Waals surface area contributed by atoms with E-state index in [9.17, 15) is 9.59 Å². The number of carbonyl (C=O) groups excluding carboxylic acids is 2. The van der Waals surface area contributed by atoms with Crippen molar-refractivity contribution >= 4 is 11.9 Å². The second-order valence-corrected chi connectivity index (χ2v) is 4.68. The van der Waals surface area contributed by atoms with Crippen LogP contribution in [0.25, 0.3) is 0 Å². The molecule has 1 atom stereocenters. The highest BCUT2D eigenvalue weighted by Gasteiger charge is 2.28. The van der Waals surface area contributed by atoms with E-state index in [2.05, 4.69) is 10.6 Å². The van der Waals surface area contributed by atoms with E-state index in [0.717, 1.165) is 12.2 Å². The Hall–Kier alpha value is -2.24. The van der Waals surface area contributed by atoms with E-state index < -0.39 is 6.04 Å². The molecule has 2 N–H and O–H groups in total. The van der Waals surface area contributed by atoms with Gasteiger partial charge in [0.2, 0.25) is 5.91 Å². The highest BCUT2D eigenvalue weighted by molar-refractivity contribution is 5.90. The molecule has 0 bridgehead atoms. The van der Waals surface area contributed by atoms with Gasteiger partial charge in [0.05, 0.1) is 6.61 Å². The molecular weight excluding hydrogens is 258 g/mol. The molecule has 0 aromatic heterocycles. The molecule has 6 nitrogen and oxygen atoms in total. The molecule has 2 rings (SSSR count). The zero-order valence-electron chi connectivity index (χ0n) is 11.5. The average Bonchev–Trinajstić information content (AvgIpc) is 2.90. The lowest BCUT2D eigenvalue weighted by molar-refractivity contribution is -0.131. The third-order valence-electron chi connectivity index (χ3n) is 3.10. The maximum atomic E-state index is 12.0. The zero-order chi connectivity index (χ0) is 14.4. The van der Waals surface area contributed by atoms with Crippen LogP contribution in [0.3, 0.4) is 0 Å². The summed E-state index contributed by atoms with van der Waals surface area (Å²) >= 11 is 0. The van der Waals surface area contributed by atoms with E-state index in [1.165, 1.54) is 0 Å². The van der Waals surface area contributed by atoms with E-state index in [1.54, 1.807) is 11.9 Å². The van der Waals surface area contributed by atoms with Gasteiger partial charge >= 0.3 is 6.03 Å². The Bertz CT molecular complexity index is 464. The third kappa shape index (κ3) is 3.88. The van der Waals surface area contributed by atoms with Crippen molar-refractivity contribution in [2.24, 2.45) is 0 Å². The number of benzene rings is 1. The zero-order valence-corrected chi connectivity index (χ0v) is 11.5. The van der Waals surface area contributed by atoms with Crippen LogP contribution in [-0.2, 0) is 4.79 Å². The van der Waals surface area contributed by atoms with Crippen LogP contribution < -0.4 is 15.4 Å². The molecule has 1 saturated heterocycles. The number of hydrogen-bond donors (Lipinski definition) is 2. The van der Waals surface area contributed by atoms with E-state index in [4.69, 9.17) is 4.74 Å². The predicted molar refractivity (Wildman–Crippen MR) is 74.5 cm³/mol. The van der Waals surface area contributed by atoms with Crippen LogP contribution in [0, 0.1) is 0 Å². The molecule has 0 saturated carbocycles. The number of urea groups is 1. The molecule has 3 amide bonds. The van der Waals surface area contributed by atoms with Gasteiger partial charge in [-0.15, -0.1) is 0 Å². The summed E-state index contributed by atoms with van der Waals surface area (Å²) < 4.78 is 5.56. The SMILES string of the molecule is CN(CCCOc1ccccc1)C(=O)[C@H]1CNC(=O)N1. The van der Waals surface area contributed by atoms with Crippen LogP contribution >= 0.6 is 0 Å². The Morgan fingerprint density at radius 1 is 1.40 bits per heavy atom. The van der Waals surface area contributed by atoms with Crippen molar-refractivity contribution in [3.8, 4) is 5.75 Å². The molecular formula is C14H19N3O3. The summed E-state index contributed by atoms with van der Waals surface area (Å²) in [7, 11) is 1.73. The summed E-state index contributed by atoms with van der Waals surface area (Å²) in [4.78, 5) is 24.6. The average molecular weight is 277 g/mol.